The fourth-order valence-electron chi connectivity index (χ4n) is 8.98. The summed E-state index contributed by atoms with van der Waals surface area (Å²) < 4.78 is 15.9. The summed E-state index contributed by atoms with van der Waals surface area (Å²) in [6.07, 6.45) is 0. The highest BCUT2D eigenvalue weighted by atomic mass is 16.3. The Morgan fingerprint density at radius 2 is 1.05 bits per heavy atom. The van der Waals surface area contributed by atoms with Crippen LogP contribution < -0.4 is 4.90 Å². The van der Waals surface area contributed by atoms with Crippen molar-refractivity contribution >= 4 is 82.7 Å². The number of aromatic nitrogens is 1. The third-order valence-corrected chi connectivity index (χ3v) is 11.6. The van der Waals surface area contributed by atoms with Crippen molar-refractivity contribution in [3.8, 4) is 27.9 Å². The van der Waals surface area contributed by atoms with Crippen LogP contribution in [0.1, 0.15) is 0 Å². The van der Waals surface area contributed by atoms with Gasteiger partial charge in [0.05, 0.1) is 11.2 Å². The molecule has 9 aromatic carbocycles. The van der Waals surface area contributed by atoms with Crippen molar-refractivity contribution in [2.75, 3.05) is 4.90 Å². The number of nitrogens with zero attached hydrogens (tertiary/aromatic N) is 2. The quantitative estimate of drug-likeness (QED) is 0.170. The van der Waals surface area contributed by atoms with E-state index in [0.717, 1.165) is 88.8 Å². The van der Waals surface area contributed by atoms with Crippen molar-refractivity contribution in [2.24, 2.45) is 0 Å². The maximum Gasteiger partial charge on any atom is 0.161 e. The second-order valence-corrected chi connectivity index (χ2v) is 14.9. The molecule has 0 spiro atoms. The molecule has 0 amide bonds. The lowest BCUT2D eigenvalue weighted by Crippen LogP contribution is -2.10. The molecule has 3 aromatic heterocycles. The fraction of sp³-hybridized carbons (Fsp3) is 0. The van der Waals surface area contributed by atoms with Crippen LogP contribution in [0, 0.1) is 0 Å². The minimum Gasteiger partial charge on any atom is -0.454 e. The van der Waals surface area contributed by atoms with E-state index in [-0.39, 0.29) is 0 Å². The van der Waals surface area contributed by atoms with Crippen LogP contribution in [0.3, 0.4) is 0 Å². The monoisotopic (exact) mass is 742 g/mol. The van der Waals surface area contributed by atoms with Crippen molar-refractivity contribution in [1.29, 1.82) is 0 Å². The highest BCUT2D eigenvalue weighted by Crippen LogP contribution is 2.46. The Morgan fingerprint density at radius 1 is 0.379 bits per heavy atom. The molecule has 0 aliphatic carbocycles. The summed E-state index contributed by atoms with van der Waals surface area (Å²) in [5.74, 6) is 0. The summed E-state index contributed by atoms with van der Waals surface area (Å²) in [6, 6.07) is 73.0. The number of furan rings is 2. The Morgan fingerprint density at radius 3 is 1.95 bits per heavy atom. The maximum absolute atomic E-state index is 6.95. The van der Waals surface area contributed by atoms with E-state index in [1.807, 2.05) is 12.1 Å². The molecule has 0 atom stereocenters. The summed E-state index contributed by atoms with van der Waals surface area (Å²) >= 11 is 0. The van der Waals surface area contributed by atoms with Crippen LogP contribution in [0.15, 0.2) is 215 Å². The van der Waals surface area contributed by atoms with Gasteiger partial charge in [-0.25, -0.2) is 0 Å². The van der Waals surface area contributed by atoms with Gasteiger partial charge in [0.15, 0.2) is 11.2 Å². The third kappa shape index (κ3) is 4.95. The lowest BCUT2D eigenvalue weighted by atomic mass is 9.98. The van der Waals surface area contributed by atoms with E-state index in [1.54, 1.807) is 0 Å². The van der Waals surface area contributed by atoms with Gasteiger partial charge in [-0.2, -0.15) is 0 Å². The molecule has 4 heteroatoms. The summed E-state index contributed by atoms with van der Waals surface area (Å²) in [5, 5.41) is 6.82. The first-order valence-corrected chi connectivity index (χ1v) is 19.7. The van der Waals surface area contributed by atoms with Crippen LogP contribution in [0.5, 0.6) is 0 Å². The molecule has 0 aliphatic rings. The largest absolute Gasteiger partial charge is 0.454 e. The standard InChI is InChI=1S/C54H34N2O2/c1-2-17-38(18-3-1)56-48-27-8-6-22-46(48)54-51(56)47-26-12-24-43(52(47)58-54)37-16-10-19-40(34-37)55(49-28-13-25-45-44-21-7-9-29-50(44)57-53(45)49)39-32-30-36(31-33-39)42-23-11-15-35-14-4-5-20-41(35)42/h1-34H. The number of hydrogen-bond donors (Lipinski definition) is 0. The fourth-order valence-corrected chi connectivity index (χ4v) is 8.98. The van der Waals surface area contributed by atoms with Crippen molar-refractivity contribution in [1.82, 2.24) is 4.57 Å². The molecule has 272 valence electrons. The van der Waals surface area contributed by atoms with E-state index in [9.17, 15) is 0 Å². The third-order valence-electron chi connectivity index (χ3n) is 11.6. The molecule has 12 aromatic rings. The Kier molecular flexibility index (Phi) is 7.20. The molecule has 0 saturated heterocycles. The minimum atomic E-state index is 0.844. The number of para-hydroxylation sites is 5. The number of anilines is 3. The highest BCUT2D eigenvalue weighted by molar-refractivity contribution is 6.18. The number of benzene rings is 9. The smallest absolute Gasteiger partial charge is 0.161 e. The second-order valence-electron chi connectivity index (χ2n) is 14.9. The zero-order valence-corrected chi connectivity index (χ0v) is 31.3. The molecule has 0 bridgehead atoms. The van der Waals surface area contributed by atoms with E-state index < -0.39 is 0 Å². The summed E-state index contributed by atoms with van der Waals surface area (Å²) in [7, 11) is 0. The summed E-state index contributed by atoms with van der Waals surface area (Å²) in [5.41, 5.74) is 14.2. The molecule has 58 heavy (non-hydrogen) atoms. The average Bonchev–Trinajstić information content (AvgIpc) is 3.97. The molecule has 4 nitrogen and oxygen atoms in total. The van der Waals surface area contributed by atoms with Crippen LogP contribution in [0.2, 0.25) is 0 Å². The van der Waals surface area contributed by atoms with Gasteiger partial charge >= 0.3 is 0 Å². The first-order valence-electron chi connectivity index (χ1n) is 19.7. The minimum absolute atomic E-state index is 0.844. The molecule has 12 rings (SSSR count). The van der Waals surface area contributed by atoms with Crippen LogP contribution >= 0.6 is 0 Å². The van der Waals surface area contributed by atoms with Gasteiger partial charge in [0.1, 0.15) is 16.7 Å². The Bertz CT molecular complexity index is 3510. The number of hydrogen-bond acceptors (Lipinski definition) is 3. The molecule has 0 aliphatic heterocycles. The van der Waals surface area contributed by atoms with E-state index in [2.05, 4.69) is 204 Å². The van der Waals surface area contributed by atoms with Crippen molar-refractivity contribution in [3.63, 3.8) is 0 Å². The Hall–Kier alpha value is -7.82. The molecule has 3 heterocycles. The number of fused-ring (bicyclic) bond motifs is 9. The Balaban J connectivity index is 1.05. The van der Waals surface area contributed by atoms with Crippen LogP contribution in [-0.4, -0.2) is 4.57 Å². The topological polar surface area (TPSA) is 34.5 Å². The van der Waals surface area contributed by atoms with Crippen LogP contribution in [-0.2, 0) is 0 Å². The van der Waals surface area contributed by atoms with E-state index in [4.69, 9.17) is 8.83 Å². The molecule has 0 N–H and O–H groups in total. The van der Waals surface area contributed by atoms with Gasteiger partial charge in [-0.1, -0.05) is 140 Å². The van der Waals surface area contributed by atoms with E-state index in [1.165, 1.54) is 21.9 Å². The van der Waals surface area contributed by atoms with Crippen molar-refractivity contribution in [3.05, 3.63) is 206 Å². The van der Waals surface area contributed by atoms with Gasteiger partial charge in [0.25, 0.3) is 0 Å². The van der Waals surface area contributed by atoms with E-state index >= 15 is 0 Å². The van der Waals surface area contributed by atoms with Crippen LogP contribution in [0.4, 0.5) is 17.1 Å². The Labute approximate surface area is 334 Å². The van der Waals surface area contributed by atoms with Crippen molar-refractivity contribution in [2.45, 2.75) is 0 Å². The zero-order chi connectivity index (χ0) is 38.2. The lowest BCUT2D eigenvalue weighted by Gasteiger charge is -2.26. The van der Waals surface area contributed by atoms with Gasteiger partial charge in [-0.05, 0) is 94.2 Å². The molecular weight excluding hydrogens is 709 g/mol. The predicted octanol–water partition coefficient (Wildman–Crippen LogP) is 15.4. The van der Waals surface area contributed by atoms with Gasteiger partial charge in [0.2, 0.25) is 0 Å². The van der Waals surface area contributed by atoms with Gasteiger partial charge in [0, 0.05) is 44.2 Å². The molecule has 0 unspecified atom stereocenters. The average molecular weight is 743 g/mol. The highest BCUT2D eigenvalue weighted by Gasteiger charge is 2.23. The van der Waals surface area contributed by atoms with Crippen molar-refractivity contribution < 1.29 is 8.83 Å². The molecule has 0 radical (unpaired) electrons. The second kappa shape index (κ2) is 12.9. The SMILES string of the molecule is c1ccc(-n2c3ccccc3c3oc4c(-c5cccc(N(c6ccc(-c7cccc8ccccc78)cc6)c6cccc7c6oc6ccccc67)c5)cccc4c32)cc1. The first-order chi connectivity index (χ1) is 28.8. The summed E-state index contributed by atoms with van der Waals surface area (Å²) in [4.78, 5) is 2.32. The maximum atomic E-state index is 6.95. The van der Waals surface area contributed by atoms with Crippen LogP contribution in [0.25, 0.3) is 93.6 Å². The predicted molar refractivity (Wildman–Crippen MR) is 241 cm³/mol. The first kappa shape index (κ1) is 32.4. The molecule has 0 fully saturated rings. The molecule has 0 saturated carbocycles. The van der Waals surface area contributed by atoms with Gasteiger partial charge in [-0.15, -0.1) is 0 Å². The van der Waals surface area contributed by atoms with Gasteiger partial charge in [-0.3, -0.25) is 0 Å². The normalized spacial score (nSPS) is 11.8. The number of rotatable bonds is 6. The zero-order valence-electron chi connectivity index (χ0n) is 31.3. The molecular formula is C54H34N2O2. The van der Waals surface area contributed by atoms with Gasteiger partial charge < -0.3 is 18.3 Å². The lowest BCUT2D eigenvalue weighted by molar-refractivity contribution is 0.669. The van der Waals surface area contributed by atoms with E-state index in [0.29, 0.717) is 0 Å². The summed E-state index contributed by atoms with van der Waals surface area (Å²) in [6.45, 7) is 0.